The first-order valence-electron chi connectivity index (χ1n) is 7.51. The molecular weight excluding hydrogens is 296 g/mol. The van der Waals surface area contributed by atoms with Crippen LogP contribution in [-0.4, -0.2) is 16.9 Å². The lowest BCUT2D eigenvalue weighted by atomic mass is 9.96. The quantitative estimate of drug-likeness (QED) is 0.772. The summed E-state index contributed by atoms with van der Waals surface area (Å²) in [5.41, 5.74) is 4.66. The van der Waals surface area contributed by atoms with E-state index in [1.807, 2.05) is 30.1 Å². The van der Waals surface area contributed by atoms with Crippen LogP contribution in [-0.2, 0) is 0 Å². The van der Waals surface area contributed by atoms with Crippen molar-refractivity contribution in [3.05, 3.63) is 64.2 Å². The number of fused-ring (bicyclic) bond motifs is 3. The number of hydrogen-bond acceptors (Lipinski definition) is 3. The fourth-order valence-corrected chi connectivity index (χ4v) is 3.34. The van der Waals surface area contributed by atoms with E-state index in [0.29, 0.717) is 0 Å². The Labute approximate surface area is 135 Å². The van der Waals surface area contributed by atoms with E-state index in [2.05, 4.69) is 31.2 Å². The molecular formula is C18H17ClN2O. The van der Waals surface area contributed by atoms with Gasteiger partial charge in [-0.25, -0.2) is 0 Å². The van der Waals surface area contributed by atoms with Crippen LogP contribution in [0.25, 0.3) is 0 Å². The van der Waals surface area contributed by atoms with Gasteiger partial charge in [0.25, 0.3) is 0 Å². The Morgan fingerprint density at radius 2 is 1.95 bits per heavy atom. The van der Waals surface area contributed by atoms with E-state index in [-0.39, 0.29) is 12.3 Å². The van der Waals surface area contributed by atoms with E-state index in [1.165, 1.54) is 11.1 Å². The predicted octanol–water partition coefficient (Wildman–Crippen LogP) is 4.54. The number of hydrogen-bond donors (Lipinski definition) is 0. The van der Waals surface area contributed by atoms with Gasteiger partial charge in [0, 0.05) is 17.0 Å². The topological polar surface area (TPSA) is 24.8 Å². The molecule has 2 aliphatic heterocycles. The van der Waals surface area contributed by atoms with Gasteiger partial charge in [-0.2, -0.15) is 5.10 Å². The second-order valence-corrected chi connectivity index (χ2v) is 6.35. The van der Waals surface area contributed by atoms with Gasteiger partial charge in [-0.05, 0) is 37.6 Å². The highest BCUT2D eigenvalue weighted by Crippen LogP contribution is 2.43. The Kier molecular flexibility index (Phi) is 3.12. The normalized spacial score (nSPS) is 22.7. The molecule has 2 aromatic carbocycles. The van der Waals surface area contributed by atoms with Crippen LogP contribution in [0.5, 0.6) is 5.75 Å². The van der Waals surface area contributed by atoms with Gasteiger partial charge in [-0.15, -0.1) is 0 Å². The molecule has 0 amide bonds. The fourth-order valence-electron chi connectivity index (χ4n) is 3.16. The Balaban J connectivity index is 1.72. The average Bonchev–Trinajstić information content (AvgIpc) is 2.95. The fraction of sp³-hybridized carbons (Fsp3) is 0.278. The maximum absolute atomic E-state index is 6.16. The second kappa shape index (κ2) is 5.03. The summed E-state index contributed by atoms with van der Waals surface area (Å²) < 4.78 is 5.96. The van der Waals surface area contributed by atoms with Gasteiger partial charge < -0.3 is 4.74 Å². The first-order chi connectivity index (χ1) is 10.6. The second-order valence-electron chi connectivity index (χ2n) is 5.91. The summed E-state index contributed by atoms with van der Waals surface area (Å²) >= 11 is 6.16. The van der Waals surface area contributed by atoms with Crippen LogP contribution < -0.4 is 4.74 Å². The molecule has 2 aromatic rings. The number of rotatable bonds is 1. The van der Waals surface area contributed by atoms with E-state index >= 15 is 0 Å². The number of ether oxygens (including phenoxy) is 1. The van der Waals surface area contributed by atoms with Gasteiger partial charge in [-0.1, -0.05) is 41.4 Å². The van der Waals surface area contributed by atoms with Crippen LogP contribution in [0.3, 0.4) is 0 Å². The molecule has 2 atom stereocenters. The van der Waals surface area contributed by atoms with Crippen molar-refractivity contribution in [2.75, 3.05) is 0 Å². The minimum atomic E-state index is -0.0679. The van der Waals surface area contributed by atoms with Gasteiger partial charge in [-0.3, -0.25) is 5.01 Å². The highest BCUT2D eigenvalue weighted by atomic mass is 35.5. The monoisotopic (exact) mass is 312 g/mol. The maximum Gasteiger partial charge on any atom is 0.185 e. The van der Waals surface area contributed by atoms with Crippen LogP contribution in [0, 0.1) is 6.92 Å². The lowest BCUT2D eigenvalue weighted by molar-refractivity contribution is -0.00334. The lowest BCUT2D eigenvalue weighted by Crippen LogP contribution is -2.37. The van der Waals surface area contributed by atoms with Gasteiger partial charge in [0.1, 0.15) is 5.75 Å². The van der Waals surface area contributed by atoms with Gasteiger partial charge in [0.05, 0.1) is 11.8 Å². The lowest BCUT2D eigenvalue weighted by Gasteiger charge is -2.36. The van der Waals surface area contributed by atoms with Gasteiger partial charge >= 0.3 is 0 Å². The summed E-state index contributed by atoms with van der Waals surface area (Å²) in [4.78, 5) is 0. The molecule has 0 saturated heterocycles. The Bertz CT molecular complexity index is 754. The molecule has 2 heterocycles. The zero-order valence-electron chi connectivity index (χ0n) is 12.6. The highest BCUT2D eigenvalue weighted by molar-refractivity contribution is 6.30. The van der Waals surface area contributed by atoms with E-state index in [9.17, 15) is 0 Å². The molecule has 0 aliphatic carbocycles. The van der Waals surface area contributed by atoms with Gasteiger partial charge in [0.2, 0.25) is 0 Å². The summed E-state index contributed by atoms with van der Waals surface area (Å²) in [5.74, 6) is 0.915. The summed E-state index contributed by atoms with van der Waals surface area (Å²) in [6, 6.07) is 14.5. The van der Waals surface area contributed by atoms with Crippen LogP contribution in [0.15, 0.2) is 47.6 Å². The standard InChI is InChI=1S/C18H17ClN2O/c1-11-3-5-13(6-4-11)16-10-17-15-9-14(19)7-8-18(15)22-12(2)21(17)20-16/h3-9,12,17H,10H2,1-2H3. The molecule has 0 aromatic heterocycles. The molecule has 4 heteroatoms. The van der Waals surface area contributed by atoms with E-state index < -0.39 is 0 Å². The molecule has 0 N–H and O–H groups in total. The summed E-state index contributed by atoms with van der Waals surface area (Å²) in [6.07, 6.45) is 0.811. The van der Waals surface area contributed by atoms with Crippen molar-refractivity contribution in [3.8, 4) is 5.75 Å². The van der Waals surface area contributed by atoms with Crippen LogP contribution in [0.2, 0.25) is 5.02 Å². The molecule has 2 unspecified atom stereocenters. The smallest absolute Gasteiger partial charge is 0.185 e. The molecule has 0 radical (unpaired) electrons. The number of nitrogens with zero attached hydrogens (tertiary/aromatic N) is 2. The molecule has 0 fully saturated rings. The Morgan fingerprint density at radius 1 is 1.18 bits per heavy atom. The van der Waals surface area contributed by atoms with Crippen molar-refractivity contribution in [2.45, 2.75) is 32.5 Å². The van der Waals surface area contributed by atoms with Crippen LogP contribution >= 0.6 is 11.6 Å². The van der Waals surface area contributed by atoms with Crippen molar-refractivity contribution in [2.24, 2.45) is 5.10 Å². The third kappa shape index (κ3) is 2.17. The van der Waals surface area contributed by atoms with Crippen molar-refractivity contribution >= 4 is 17.3 Å². The van der Waals surface area contributed by atoms with E-state index in [0.717, 1.165) is 28.5 Å². The predicted molar refractivity (Wildman–Crippen MR) is 88.5 cm³/mol. The first-order valence-corrected chi connectivity index (χ1v) is 7.88. The molecule has 0 spiro atoms. The number of benzene rings is 2. The van der Waals surface area contributed by atoms with Crippen LogP contribution in [0.1, 0.15) is 36.1 Å². The molecule has 0 saturated carbocycles. The molecule has 4 rings (SSSR count). The average molecular weight is 313 g/mol. The largest absolute Gasteiger partial charge is 0.469 e. The maximum atomic E-state index is 6.16. The number of hydrazone groups is 1. The Hall–Kier alpha value is -2.00. The van der Waals surface area contributed by atoms with Crippen molar-refractivity contribution in [1.29, 1.82) is 0 Å². The third-order valence-corrected chi connectivity index (χ3v) is 4.56. The van der Waals surface area contributed by atoms with Gasteiger partial charge in [0.15, 0.2) is 6.23 Å². The molecule has 112 valence electrons. The molecule has 22 heavy (non-hydrogen) atoms. The van der Waals surface area contributed by atoms with Crippen molar-refractivity contribution in [1.82, 2.24) is 5.01 Å². The highest BCUT2D eigenvalue weighted by Gasteiger charge is 2.38. The minimum Gasteiger partial charge on any atom is -0.469 e. The first kappa shape index (κ1) is 13.6. The van der Waals surface area contributed by atoms with E-state index in [1.54, 1.807) is 0 Å². The van der Waals surface area contributed by atoms with Crippen molar-refractivity contribution < 1.29 is 4.74 Å². The molecule has 3 nitrogen and oxygen atoms in total. The van der Waals surface area contributed by atoms with Crippen molar-refractivity contribution in [3.63, 3.8) is 0 Å². The molecule has 2 aliphatic rings. The van der Waals surface area contributed by atoms with E-state index in [4.69, 9.17) is 21.4 Å². The number of aryl methyl sites for hydroxylation is 1. The van der Waals surface area contributed by atoms with Crippen LogP contribution in [0.4, 0.5) is 0 Å². The summed E-state index contributed by atoms with van der Waals surface area (Å²) in [5, 5.41) is 7.59. The zero-order valence-corrected chi connectivity index (χ0v) is 13.3. The number of halogens is 1. The summed E-state index contributed by atoms with van der Waals surface area (Å²) in [6.45, 7) is 4.13. The zero-order chi connectivity index (χ0) is 15.3. The Morgan fingerprint density at radius 3 is 2.73 bits per heavy atom. The molecule has 0 bridgehead atoms. The summed E-state index contributed by atoms with van der Waals surface area (Å²) in [7, 11) is 0. The third-order valence-electron chi connectivity index (χ3n) is 4.33. The SMILES string of the molecule is Cc1ccc(C2=NN3C(C)Oc4ccc(Cl)cc4C3C2)cc1. The minimum absolute atomic E-state index is 0.0679.